The van der Waals surface area contributed by atoms with E-state index in [1.807, 2.05) is 41.3 Å². The largest absolute Gasteiger partial charge is 0.493 e. The Balaban J connectivity index is 1.55. The number of amides is 2. The number of para-hydroxylation sites is 1. The lowest BCUT2D eigenvalue weighted by Crippen LogP contribution is -2.53. The molecule has 3 rings (SSSR count). The Morgan fingerprint density at radius 3 is 2.24 bits per heavy atom. The molecule has 0 saturated carbocycles. The van der Waals surface area contributed by atoms with Crippen molar-refractivity contribution >= 4 is 11.7 Å². The third kappa shape index (κ3) is 4.94. The van der Waals surface area contributed by atoms with Crippen LogP contribution in [0.15, 0.2) is 48.5 Å². The molecule has 0 bridgehead atoms. The van der Waals surface area contributed by atoms with Crippen LogP contribution < -0.4 is 19.7 Å². The molecule has 0 aliphatic carbocycles. The fourth-order valence-corrected chi connectivity index (χ4v) is 3.57. The van der Waals surface area contributed by atoms with Gasteiger partial charge in [-0.3, -0.25) is 0 Å². The highest BCUT2D eigenvalue weighted by atomic mass is 16.5. The lowest BCUT2D eigenvalue weighted by molar-refractivity contribution is 0.192. The molecule has 156 valence electrons. The summed E-state index contributed by atoms with van der Waals surface area (Å²) in [5.74, 6) is 1.40. The van der Waals surface area contributed by atoms with E-state index in [2.05, 4.69) is 36.2 Å². The zero-order chi connectivity index (χ0) is 20.9. The maximum Gasteiger partial charge on any atom is 0.317 e. The number of piperazine rings is 1. The van der Waals surface area contributed by atoms with Crippen molar-refractivity contribution in [3.63, 3.8) is 0 Å². The summed E-state index contributed by atoms with van der Waals surface area (Å²) in [6.45, 7) is 7.89. The van der Waals surface area contributed by atoms with Gasteiger partial charge in [0, 0.05) is 43.8 Å². The van der Waals surface area contributed by atoms with Crippen molar-refractivity contribution in [2.24, 2.45) is 0 Å². The molecule has 1 fully saturated rings. The molecule has 29 heavy (non-hydrogen) atoms. The van der Waals surface area contributed by atoms with Gasteiger partial charge in [-0.15, -0.1) is 0 Å². The Morgan fingerprint density at radius 2 is 1.62 bits per heavy atom. The van der Waals surface area contributed by atoms with Gasteiger partial charge >= 0.3 is 6.03 Å². The molecule has 2 amide bonds. The number of carbonyl (C=O) groups is 1. The Hall–Kier alpha value is -2.89. The molecule has 0 spiro atoms. The number of urea groups is 1. The van der Waals surface area contributed by atoms with Gasteiger partial charge in [0.25, 0.3) is 0 Å². The maximum absolute atomic E-state index is 12.7. The monoisotopic (exact) mass is 397 g/mol. The SMILES string of the molecule is COc1ccc(C(C)(C)CNC(=O)N2CCN(c3ccccc3)CC2)cc1OC. The first-order valence-electron chi connectivity index (χ1n) is 10.00. The van der Waals surface area contributed by atoms with E-state index < -0.39 is 0 Å². The fraction of sp³-hybridized carbons (Fsp3) is 0.435. The molecule has 1 heterocycles. The van der Waals surface area contributed by atoms with E-state index in [0.29, 0.717) is 18.0 Å². The van der Waals surface area contributed by atoms with Gasteiger partial charge in [0.15, 0.2) is 11.5 Å². The van der Waals surface area contributed by atoms with E-state index in [1.54, 1.807) is 14.2 Å². The normalized spacial score (nSPS) is 14.5. The molecular weight excluding hydrogens is 366 g/mol. The Bertz CT molecular complexity index is 815. The molecule has 1 aliphatic heterocycles. The fourth-order valence-electron chi connectivity index (χ4n) is 3.57. The molecule has 0 aromatic heterocycles. The van der Waals surface area contributed by atoms with E-state index in [4.69, 9.17) is 9.47 Å². The Kier molecular flexibility index (Phi) is 6.52. The molecule has 0 radical (unpaired) electrons. The number of hydrogen-bond acceptors (Lipinski definition) is 4. The Labute approximate surface area is 173 Å². The summed E-state index contributed by atoms with van der Waals surface area (Å²) in [6, 6.07) is 16.2. The first kappa shape index (κ1) is 20.8. The van der Waals surface area contributed by atoms with Crippen LogP contribution in [0.4, 0.5) is 10.5 Å². The minimum absolute atomic E-state index is 0.00809. The molecule has 1 aliphatic rings. The van der Waals surface area contributed by atoms with Crippen molar-refractivity contribution in [2.75, 3.05) is 51.8 Å². The second-order valence-corrected chi connectivity index (χ2v) is 7.92. The van der Waals surface area contributed by atoms with Crippen LogP contribution in [0.3, 0.4) is 0 Å². The van der Waals surface area contributed by atoms with Gasteiger partial charge in [0.2, 0.25) is 0 Å². The molecule has 1 N–H and O–H groups in total. The first-order valence-corrected chi connectivity index (χ1v) is 10.00. The first-order chi connectivity index (χ1) is 13.9. The number of benzene rings is 2. The molecule has 2 aromatic rings. The summed E-state index contributed by atoms with van der Waals surface area (Å²) in [5.41, 5.74) is 2.06. The van der Waals surface area contributed by atoms with E-state index in [-0.39, 0.29) is 11.4 Å². The summed E-state index contributed by atoms with van der Waals surface area (Å²) in [6.07, 6.45) is 0. The smallest absolute Gasteiger partial charge is 0.317 e. The van der Waals surface area contributed by atoms with Crippen molar-refractivity contribution in [1.82, 2.24) is 10.2 Å². The van der Waals surface area contributed by atoms with E-state index >= 15 is 0 Å². The van der Waals surface area contributed by atoms with Crippen LogP contribution in [0.1, 0.15) is 19.4 Å². The highest BCUT2D eigenvalue weighted by Crippen LogP contribution is 2.33. The van der Waals surface area contributed by atoms with Gasteiger partial charge in [-0.2, -0.15) is 0 Å². The third-order valence-electron chi connectivity index (χ3n) is 5.53. The number of carbonyl (C=O) groups excluding carboxylic acids is 1. The average molecular weight is 398 g/mol. The highest BCUT2D eigenvalue weighted by Gasteiger charge is 2.26. The van der Waals surface area contributed by atoms with Crippen molar-refractivity contribution in [2.45, 2.75) is 19.3 Å². The van der Waals surface area contributed by atoms with Crippen LogP contribution in [-0.4, -0.2) is 57.9 Å². The minimum Gasteiger partial charge on any atom is -0.493 e. The van der Waals surface area contributed by atoms with Crippen LogP contribution in [0.2, 0.25) is 0 Å². The molecule has 6 nitrogen and oxygen atoms in total. The van der Waals surface area contributed by atoms with Crippen molar-refractivity contribution in [3.05, 3.63) is 54.1 Å². The van der Waals surface area contributed by atoms with Crippen LogP contribution in [0, 0.1) is 0 Å². The van der Waals surface area contributed by atoms with Crippen LogP contribution in [0.5, 0.6) is 11.5 Å². The number of nitrogens with zero attached hydrogens (tertiary/aromatic N) is 2. The summed E-state index contributed by atoms with van der Waals surface area (Å²) in [4.78, 5) is 16.9. The highest BCUT2D eigenvalue weighted by molar-refractivity contribution is 5.74. The van der Waals surface area contributed by atoms with Gasteiger partial charge in [-0.1, -0.05) is 38.1 Å². The second-order valence-electron chi connectivity index (χ2n) is 7.92. The molecule has 0 atom stereocenters. The Morgan fingerprint density at radius 1 is 0.966 bits per heavy atom. The van der Waals surface area contributed by atoms with Gasteiger partial charge < -0.3 is 24.6 Å². The number of nitrogens with one attached hydrogen (secondary N) is 1. The lowest BCUT2D eigenvalue weighted by Gasteiger charge is -2.36. The summed E-state index contributed by atoms with van der Waals surface area (Å²) in [7, 11) is 3.26. The molecule has 0 unspecified atom stereocenters. The lowest BCUT2D eigenvalue weighted by atomic mass is 9.84. The van der Waals surface area contributed by atoms with Gasteiger partial charge in [-0.25, -0.2) is 4.79 Å². The predicted octanol–water partition coefficient (Wildman–Crippen LogP) is 3.51. The number of rotatable bonds is 6. The van der Waals surface area contributed by atoms with E-state index in [0.717, 1.165) is 31.7 Å². The topological polar surface area (TPSA) is 54.0 Å². The van der Waals surface area contributed by atoms with Crippen LogP contribution in [-0.2, 0) is 5.41 Å². The molecule has 6 heteroatoms. The number of methoxy groups -OCH3 is 2. The van der Waals surface area contributed by atoms with Gasteiger partial charge in [-0.05, 0) is 29.8 Å². The maximum atomic E-state index is 12.7. The van der Waals surface area contributed by atoms with Gasteiger partial charge in [0.1, 0.15) is 0 Å². The minimum atomic E-state index is -0.235. The van der Waals surface area contributed by atoms with Crippen molar-refractivity contribution in [1.29, 1.82) is 0 Å². The van der Waals surface area contributed by atoms with Gasteiger partial charge in [0.05, 0.1) is 14.2 Å². The summed E-state index contributed by atoms with van der Waals surface area (Å²) >= 11 is 0. The summed E-state index contributed by atoms with van der Waals surface area (Å²) < 4.78 is 10.7. The van der Waals surface area contributed by atoms with Crippen LogP contribution in [0.25, 0.3) is 0 Å². The molecule has 1 saturated heterocycles. The van der Waals surface area contributed by atoms with Crippen molar-refractivity contribution < 1.29 is 14.3 Å². The standard InChI is InChI=1S/C23H31N3O3/c1-23(2,18-10-11-20(28-3)21(16-18)29-4)17-24-22(27)26-14-12-25(13-15-26)19-8-6-5-7-9-19/h5-11,16H,12-15,17H2,1-4H3,(H,24,27). The third-order valence-corrected chi connectivity index (χ3v) is 5.53. The predicted molar refractivity (Wildman–Crippen MR) is 116 cm³/mol. The summed E-state index contributed by atoms with van der Waals surface area (Å²) in [5, 5.41) is 3.11. The number of hydrogen-bond donors (Lipinski definition) is 1. The molecular formula is C23H31N3O3. The van der Waals surface area contributed by atoms with Crippen molar-refractivity contribution in [3.8, 4) is 11.5 Å². The number of ether oxygens (including phenoxy) is 2. The van der Waals surface area contributed by atoms with E-state index in [1.165, 1.54) is 5.69 Å². The second kappa shape index (κ2) is 9.07. The van der Waals surface area contributed by atoms with E-state index in [9.17, 15) is 4.79 Å². The quantitative estimate of drug-likeness (QED) is 0.810. The van der Waals surface area contributed by atoms with Crippen LogP contribution >= 0.6 is 0 Å². The number of anilines is 1. The molecule has 2 aromatic carbocycles. The zero-order valence-corrected chi connectivity index (χ0v) is 17.8. The average Bonchev–Trinajstić information content (AvgIpc) is 2.77. The zero-order valence-electron chi connectivity index (χ0n) is 17.8.